The number of aliphatic hydroxyl groups is 1. The first kappa shape index (κ1) is 25.8. The number of nitrogens with zero attached hydrogens (tertiary/aromatic N) is 2. The number of hydrogen-bond acceptors (Lipinski definition) is 6. The number of rotatable bonds is 7. The van der Waals surface area contributed by atoms with Crippen molar-refractivity contribution in [1.29, 1.82) is 0 Å². The van der Waals surface area contributed by atoms with Crippen LogP contribution < -0.4 is 4.74 Å². The zero-order valence-corrected chi connectivity index (χ0v) is 21.1. The molecule has 2 aliphatic heterocycles. The normalized spacial score (nSPS) is 31.7. The van der Waals surface area contributed by atoms with Crippen molar-refractivity contribution in [1.82, 2.24) is 9.80 Å². The maximum absolute atomic E-state index is 14.2. The Morgan fingerprint density at radius 3 is 2.58 bits per heavy atom. The Kier molecular flexibility index (Phi) is 6.79. The van der Waals surface area contributed by atoms with Gasteiger partial charge in [0.2, 0.25) is 0 Å². The van der Waals surface area contributed by atoms with Crippen LogP contribution in [0.1, 0.15) is 56.6 Å². The Balaban J connectivity index is 1.52. The summed E-state index contributed by atoms with van der Waals surface area (Å²) in [5, 5.41) is 12.5. The summed E-state index contributed by atoms with van der Waals surface area (Å²) in [5.41, 5.74) is 0.351. The SMILES string of the molecule is CCOC(=O)C[C@H](N1CC[C@]23CCN(CC4CC4)[C@H](Cc4ccc(OC)cc42)[C@]3(O)CC1)C(F)(F)F. The van der Waals surface area contributed by atoms with Gasteiger partial charge in [0.1, 0.15) is 11.8 Å². The van der Waals surface area contributed by atoms with E-state index in [0.717, 1.165) is 24.2 Å². The van der Waals surface area contributed by atoms with E-state index in [1.54, 1.807) is 14.0 Å². The number of methoxy groups -OCH3 is 1. The number of esters is 1. The van der Waals surface area contributed by atoms with Gasteiger partial charge in [-0.05, 0) is 87.7 Å². The van der Waals surface area contributed by atoms with Gasteiger partial charge in [-0.15, -0.1) is 0 Å². The van der Waals surface area contributed by atoms with Gasteiger partial charge in [0, 0.05) is 24.5 Å². The lowest BCUT2D eigenvalue weighted by molar-refractivity contribution is -0.192. The van der Waals surface area contributed by atoms with Crippen LogP contribution >= 0.6 is 0 Å². The average Bonchev–Trinajstić information content (AvgIpc) is 3.65. The predicted molar refractivity (Wildman–Crippen MR) is 128 cm³/mol. The number of likely N-dealkylation sites (tertiary alicyclic amines) is 2. The predicted octanol–water partition coefficient (Wildman–Crippen LogP) is 3.68. The molecule has 200 valence electrons. The van der Waals surface area contributed by atoms with E-state index in [1.165, 1.54) is 17.7 Å². The summed E-state index contributed by atoms with van der Waals surface area (Å²) in [6.45, 7) is 3.62. The molecule has 4 atom stereocenters. The number of alkyl halides is 3. The highest BCUT2D eigenvalue weighted by molar-refractivity contribution is 5.70. The van der Waals surface area contributed by atoms with Gasteiger partial charge in [-0.25, -0.2) is 0 Å². The van der Waals surface area contributed by atoms with Gasteiger partial charge in [-0.1, -0.05) is 6.07 Å². The molecule has 4 aliphatic rings. The van der Waals surface area contributed by atoms with Crippen molar-refractivity contribution in [2.45, 2.75) is 81.1 Å². The summed E-state index contributed by atoms with van der Waals surface area (Å²) in [4.78, 5) is 15.9. The van der Waals surface area contributed by atoms with E-state index in [4.69, 9.17) is 9.47 Å². The van der Waals surface area contributed by atoms with E-state index in [9.17, 15) is 23.1 Å². The summed E-state index contributed by atoms with van der Waals surface area (Å²) in [5.74, 6) is 0.503. The minimum Gasteiger partial charge on any atom is -0.497 e. The van der Waals surface area contributed by atoms with Crippen LogP contribution in [-0.2, 0) is 21.4 Å². The van der Waals surface area contributed by atoms with Gasteiger partial charge >= 0.3 is 12.1 Å². The molecule has 0 spiro atoms. The molecule has 3 fully saturated rings. The molecule has 0 aromatic heterocycles. The van der Waals surface area contributed by atoms with E-state index in [-0.39, 0.29) is 32.2 Å². The van der Waals surface area contributed by atoms with Crippen LogP contribution in [0.4, 0.5) is 13.2 Å². The van der Waals surface area contributed by atoms with Crippen molar-refractivity contribution in [2.24, 2.45) is 5.92 Å². The molecule has 0 unspecified atom stereocenters. The molecule has 6 nitrogen and oxygen atoms in total. The van der Waals surface area contributed by atoms with Crippen molar-refractivity contribution in [3.8, 4) is 5.75 Å². The van der Waals surface area contributed by atoms with Crippen molar-refractivity contribution in [2.75, 3.05) is 39.9 Å². The molecule has 2 saturated heterocycles. The number of piperidine rings is 1. The van der Waals surface area contributed by atoms with Gasteiger partial charge in [-0.3, -0.25) is 14.6 Å². The minimum absolute atomic E-state index is 0.0450. The fraction of sp³-hybridized carbons (Fsp3) is 0.741. The highest BCUT2D eigenvalue weighted by atomic mass is 19.4. The molecule has 5 rings (SSSR count). The maximum atomic E-state index is 14.2. The fourth-order valence-electron chi connectivity index (χ4n) is 7.14. The van der Waals surface area contributed by atoms with Gasteiger partial charge in [0.15, 0.2) is 0 Å². The third kappa shape index (κ3) is 4.41. The first-order chi connectivity index (χ1) is 17.1. The molecule has 1 aromatic carbocycles. The van der Waals surface area contributed by atoms with Gasteiger partial charge in [0.05, 0.1) is 25.7 Å². The molecule has 1 N–H and O–H groups in total. The largest absolute Gasteiger partial charge is 0.497 e. The molecule has 1 saturated carbocycles. The average molecular weight is 511 g/mol. The standard InChI is InChI=1S/C27H37F3N2O4/c1-3-36-24(33)16-23(27(28,29)30)31-11-8-25-9-12-32(17-18-4-5-18)22(26(25,34)10-13-31)14-19-6-7-20(35-2)15-21(19)25/h6-7,15,18,22-23,34H,3-5,8-14,16-17H2,1-2H3/t22-,23+,25+,26-/m1/s1. The first-order valence-corrected chi connectivity index (χ1v) is 13.2. The summed E-state index contributed by atoms with van der Waals surface area (Å²) in [7, 11) is 1.60. The lowest BCUT2D eigenvalue weighted by Crippen LogP contribution is -2.71. The topological polar surface area (TPSA) is 62.2 Å². The lowest BCUT2D eigenvalue weighted by Gasteiger charge is -2.61. The summed E-state index contributed by atoms with van der Waals surface area (Å²) < 4.78 is 52.9. The second-order valence-electron chi connectivity index (χ2n) is 11.0. The quantitative estimate of drug-likeness (QED) is 0.565. The van der Waals surface area contributed by atoms with Crippen molar-refractivity contribution >= 4 is 5.97 Å². The van der Waals surface area contributed by atoms with Crippen LogP contribution in [0.5, 0.6) is 5.75 Å². The van der Waals surface area contributed by atoms with Crippen LogP contribution in [0.2, 0.25) is 0 Å². The van der Waals surface area contributed by atoms with E-state index in [2.05, 4.69) is 11.0 Å². The lowest BCUT2D eigenvalue weighted by atomic mass is 9.52. The summed E-state index contributed by atoms with van der Waals surface area (Å²) >= 11 is 0. The molecule has 0 amide bonds. The number of fused-ring (bicyclic) bond motifs is 1. The van der Waals surface area contributed by atoms with E-state index >= 15 is 0 Å². The molecular weight excluding hydrogens is 473 g/mol. The molecule has 2 aliphatic carbocycles. The summed E-state index contributed by atoms with van der Waals surface area (Å²) in [6.07, 6.45) is -0.908. The van der Waals surface area contributed by atoms with Crippen LogP contribution in [0.15, 0.2) is 18.2 Å². The smallest absolute Gasteiger partial charge is 0.404 e. The van der Waals surface area contributed by atoms with Crippen LogP contribution in [-0.4, -0.2) is 84.6 Å². The zero-order chi connectivity index (χ0) is 25.7. The Hall–Kier alpha value is -1.84. The third-order valence-corrected chi connectivity index (χ3v) is 9.17. The molecule has 36 heavy (non-hydrogen) atoms. The van der Waals surface area contributed by atoms with Gasteiger partial charge in [0.25, 0.3) is 0 Å². The molecular formula is C27H37F3N2O4. The van der Waals surface area contributed by atoms with E-state index in [1.807, 2.05) is 12.1 Å². The van der Waals surface area contributed by atoms with Crippen LogP contribution in [0, 0.1) is 5.92 Å². The number of hydrogen-bond donors (Lipinski definition) is 1. The van der Waals surface area contributed by atoms with Gasteiger partial charge in [-0.2, -0.15) is 13.2 Å². The molecule has 9 heteroatoms. The van der Waals surface area contributed by atoms with Crippen molar-refractivity contribution < 1.29 is 32.5 Å². The van der Waals surface area contributed by atoms with Crippen molar-refractivity contribution in [3.63, 3.8) is 0 Å². The minimum atomic E-state index is -4.57. The molecule has 1 aromatic rings. The number of benzene rings is 1. The number of carbonyl (C=O) groups excluding carboxylic acids is 1. The first-order valence-electron chi connectivity index (χ1n) is 13.2. The highest BCUT2D eigenvalue weighted by Crippen LogP contribution is 2.57. The summed E-state index contributed by atoms with van der Waals surface area (Å²) in [6, 6.07) is 3.92. The molecule has 2 bridgehead atoms. The fourth-order valence-corrected chi connectivity index (χ4v) is 7.14. The Morgan fingerprint density at radius 2 is 1.92 bits per heavy atom. The van der Waals surface area contributed by atoms with E-state index < -0.39 is 35.6 Å². The molecule has 2 heterocycles. The number of ether oxygens (including phenoxy) is 2. The molecule has 0 radical (unpaired) electrons. The Labute approximate surface area is 210 Å². The van der Waals surface area contributed by atoms with Crippen LogP contribution in [0.3, 0.4) is 0 Å². The second-order valence-corrected chi connectivity index (χ2v) is 11.0. The van der Waals surface area contributed by atoms with Crippen LogP contribution in [0.25, 0.3) is 0 Å². The zero-order valence-electron chi connectivity index (χ0n) is 21.1. The van der Waals surface area contributed by atoms with E-state index in [0.29, 0.717) is 30.9 Å². The highest BCUT2D eigenvalue weighted by Gasteiger charge is 2.64. The van der Waals surface area contributed by atoms with Gasteiger partial charge < -0.3 is 14.6 Å². The number of halogens is 3. The monoisotopic (exact) mass is 510 g/mol. The number of carbonyl (C=O) groups is 1. The second kappa shape index (κ2) is 9.48. The van der Waals surface area contributed by atoms with Crippen molar-refractivity contribution in [3.05, 3.63) is 29.3 Å². The third-order valence-electron chi connectivity index (χ3n) is 9.17. The maximum Gasteiger partial charge on any atom is 0.404 e. The Bertz CT molecular complexity index is 984. The Morgan fingerprint density at radius 1 is 1.19 bits per heavy atom.